The average Bonchev–Trinajstić information content (AvgIpc) is 2.99. The molecule has 1 atom stereocenters. The van der Waals surface area contributed by atoms with Crippen molar-refractivity contribution in [3.05, 3.63) is 54.0 Å². The third-order valence-electron chi connectivity index (χ3n) is 2.97. The maximum Gasteiger partial charge on any atom is 0.257 e. The first-order valence-electron chi connectivity index (χ1n) is 6.83. The fraction of sp³-hybridized carbons (Fsp3) is 0.312. The van der Waals surface area contributed by atoms with Gasteiger partial charge < -0.3 is 19.6 Å². The molecule has 1 unspecified atom stereocenters. The van der Waals surface area contributed by atoms with Gasteiger partial charge in [0, 0.05) is 6.54 Å². The van der Waals surface area contributed by atoms with E-state index in [1.165, 1.54) is 6.26 Å². The lowest BCUT2D eigenvalue weighted by Gasteiger charge is -2.10. The second kappa shape index (κ2) is 7.50. The molecule has 0 saturated carbocycles. The molecule has 0 aliphatic heterocycles. The minimum Gasteiger partial charge on any atom is -0.484 e. The molecule has 1 amide bonds. The number of carbonyl (C=O) groups is 1. The van der Waals surface area contributed by atoms with Crippen molar-refractivity contribution in [2.45, 2.75) is 19.4 Å². The van der Waals surface area contributed by atoms with Gasteiger partial charge in [0.05, 0.1) is 6.26 Å². The molecule has 21 heavy (non-hydrogen) atoms. The number of carbonyl (C=O) groups excluding carboxylic acids is 1. The highest BCUT2D eigenvalue weighted by atomic mass is 16.5. The zero-order valence-electron chi connectivity index (χ0n) is 11.9. The van der Waals surface area contributed by atoms with Crippen LogP contribution in [0.4, 0.5) is 0 Å². The molecule has 0 aliphatic rings. The van der Waals surface area contributed by atoms with Crippen LogP contribution in [0, 0.1) is 6.92 Å². The first-order valence-corrected chi connectivity index (χ1v) is 6.83. The second-order valence-electron chi connectivity index (χ2n) is 4.78. The van der Waals surface area contributed by atoms with Crippen LogP contribution in [0.3, 0.4) is 0 Å². The van der Waals surface area contributed by atoms with Crippen molar-refractivity contribution in [3.63, 3.8) is 0 Å². The number of amides is 1. The maximum atomic E-state index is 11.6. The highest BCUT2D eigenvalue weighted by Gasteiger charge is 2.10. The van der Waals surface area contributed by atoms with Crippen LogP contribution in [0.15, 0.2) is 47.1 Å². The number of benzene rings is 1. The predicted molar refractivity (Wildman–Crippen MR) is 78.0 cm³/mol. The SMILES string of the molecule is Cc1cccc(OCC(=O)NCCC(O)c2ccco2)c1. The Morgan fingerprint density at radius 2 is 2.24 bits per heavy atom. The van der Waals surface area contributed by atoms with Crippen LogP contribution < -0.4 is 10.1 Å². The van der Waals surface area contributed by atoms with E-state index >= 15 is 0 Å². The van der Waals surface area contributed by atoms with E-state index in [4.69, 9.17) is 9.15 Å². The molecule has 0 aliphatic carbocycles. The minimum atomic E-state index is -0.710. The van der Waals surface area contributed by atoms with Gasteiger partial charge >= 0.3 is 0 Å². The molecule has 0 fully saturated rings. The van der Waals surface area contributed by atoms with Crippen molar-refractivity contribution >= 4 is 5.91 Å². The van der Waals surface area contributed by atoms with Crippen LogP contribution >= 0.6 is 0 Å². The van der Waals surface area contributed by atoms with Crippen LogP contribution in [0.5, 0.6) is 5.75 Å². The van der Waals surface area contributed by atoms with Gasteiger partial charge in [-0.1, -0.05) is 12.1 Å². The number of hydrogen-bond acceptors (Lipinski definition) is 4. The van der Waals surface area contributed by atoms with Crippen molar-refractivity contribution in [3.8, 4) is 5.75 Å². The molecule has 0 spiro atoms. The lowest BCUT2D eigenvalue weighted by atomic mass is 10.2. The molecular formula is C16H19NO4. The number of aryl methyl sites for hydroxylation is 1. The van der Waals surface area contributed by atoms with E-state index in [1.807, 2.05) is 25.1 Å². The number of furan rings is 1. The van der Waals surface area contributed by atoms with Crippen molar-refractivity contribution in [2.75, 3.05) is 13.2 Å². The number of aliphatic hydroxyl groups excluding tert-OH is 1. The number of rotatable bonds is 7. The molecule has 1 aromatic carbocycles. The van der Waals surface area contributed by atoms with E-state index in [1.54, 1.807) is 18.2 Å². The Balaban J connectivity index is 1.66. The monoisotopic (exact) mass is 289 g/mol. The van der Waals surface area contributed by atoms with Crippen LogP contribution in [0.2, 0.25) is 0 Å². The number of ether oxygens (including phenoxy) is 1. The average molecular weight is 289 g/mol. The highest BCUT2D eigenvalue weighted by molar-refractivity contribution is 5.77. The quantitative estimate of drug-likeness (QED) is 0.819. The zero-order valence-corrected chi connectivity index (χ0v) is 11.9. The van der Waals surface area contributed by atoms with Gasteiger partial charge in [-0.05, 0) is 43.2 Å². The summed E-state index contributed by atoms with van der Waals surface area (Å²) in [6.07, 6.45) is 1.19. The Morgan fingerprint density at radius 1 is 1.38 bits per heavy atom. The molecule has 2 N–H and O–H groups in total. The standard InChI is InChI=1S/C16H19NO4/c1-12-4-2-5-13(10-12)21-11-16(19)17-8-7-14(18)15-6-3-9-20-15/h2-6,9-10,14,18H,7-8,11H2,1H3,(H,17,19). The summed E-state index contributed by atoms with van der Waals surface area (Å²) < 4.78 is 10.5. The van der Waals surface area contributed by atoms with Gasteiger partial charge in [-0.15, -0.1) is 0 Å². The molecule has 5 heteroatoms. The van der Waals surface area contributed by atoms with E-state index in [0.29, 0.717) is 24.5 Å². The zero-order chi connectivity index (χ0) is 15.1. The summed E-state index contributed by atoms with van der Waals surface area (Å²) in [7, 11) is 0. The van der Waals surface area contributed by atoms with Crippen LogP contribution in [0.25, 0.3) is 0 Å². The van der Waals surface area contributed by atoms with E-state index in [-0.39, 0.29) is 12.5 Å². The van der Waals surface area contributed by atoms with Gasteiger partial charge in [0.1, 0.15) is 17.6 Å². The fourth-order valence-corrected chi connectivity index (χ4v) is 1.88. The Kier molecular flexibility index (Phi) is 5.40. The maximum absolute atomic E-state index is 11.6. The van der Waals surface area contributed by atoms with Gasteiger partial charge in [-0.3, -0.25) is 4.79 Å². The molecule has 2 rings (SSSR count). The topological polar surface area (TPSA) is 71.7 Å². The Morgan fingerprint density at radius 3 is 2.95 bits per heavy atom. The van der Waals surface area contributed by atoms with Crippen molar-refractivity contribution in [2.24, 2.45) is 0 Å². The summed E-state index contributed by atoms with van der Waals surface area (Å²) in [4.78, 5) is 11.6. The van der Waals surface area contributed by atoms with Crippen molar-refractivity contribution in [1.29, 1.82) is 0 Å². The molecule has 0 bridgehead atoms. The summed E-state index contributed by atoms with van der Waals surface area (Å²) in [5.41, 5.74) is 1.08. The summed E-state index contributed by atoms with van der Waals surface area (Å²) in [5.74, 6) is 0.948. The van der Waals surface area contributed by atoms with E-state index in [0.717, 1.165) is 5.56 Å². The summed E-state index contributed by atoms with van der Waals surface area (Å²) >= 11 is 0. The largest absolute Gasteiger partial charge is 0.484 e. The number of nitrogens with one attached hydrogen (secondary N) is 1. The van der Waals surface area contributed by atoms with Crippen LogP contribution in [-0.2, 0) is 4.79 Å². The Labute approximate surface area is 123 Å². The lowest BCUT2D eigenvalue weighted by molar-refractivity contribution is -0.123. The molecule has 0 radical (unpaired) electrons. The normalized spacial score (nSPS) is 11.9. The Bertz CT molecular complexity index is 565. The lowest BCUT2D eigenvalue weighted by Crippen LogP contribution is -2.30. The summed E-state index contributed by atoms with van der Waals surface area (Å²) in [6.45, 7) is 2.28. The number of hydrogen-bond donors (Lipinski definition) is 2. The van der Waals surface area contributed by atoms with E-state index < -0.39 is 6.10 Å². The number of aliphatic hydroxyl groups is 1. The smallest absolute Gasteiger partial charge is 0.257 e. The van der Waals surface area contributed by atoms with Crippen molar-refractivity contribution < 1.29 is 19.1 Å². The predicted octanol–water partition coefficient (Wildman–Crippen LogP) is 2.21. The van der Waals surface area contributed by atoms with Crippen molar-refractivity contribution in [1.82, 2.24) is 5.32 Å². The van der Waals surface area contributed by atoms with E-state index in [9.17, 15) is 9.90 Å². The van der Waals surface area contributed by atoms with Crippen LogP contribution in [0.1, 0.15) is 23.8 Å². The first kappa shape index (κ1) is 15.1. The first-order chi connectivity index (χ1) is 10.1. The molecule has 1 heterocycles. The van der Waals surface area contributed by atoms with Crippen LogP contribution in [-0.4, -0.2) is 24.2 Å². The molecule has 5 nitrogen and oxygen atoms in total. The van der Waals surface area contributed by atoms with Gasteiger partial charge in [0.2, 0.25) is 0 Å². The fourth-order valence-electron chi connectivity index (χ4n) is 1.88. The minimum absolute atomic E-state index is 0.0414. The second-order valence-corrected chi connectivity index (χ2v) is 4.78. The van der Waals surface area contributed by atoms with Gasteiger partial charge in [0.25, 0.3) is 5.91 Å². The molecule has 112 valence electrons. The van der Waals surface area contributed by atoms with Gasteiger partial charge in [0.15, 0.2) is 6.61 Å². The molecule has 2 aromatic rings. The van der Waals surface area contributed by atoms with Gasteiger partial charge in [-0.2, -0.15) is 0 Å². The molecule has 1 aromatic heterocycles. The summed E-state index contributed by atoms with van der Waals surface area (Å²) in [5, 5.41) is 12.5. The third-order valence-corrected chi connectivity index (χ3v) is 2.97. The Hall–Kier alpha value is -2.27. The highest BCUT2D eigenvalue weighted by Crippen LogP contribution is 2.15. The summed E-state index contributed by atoms with van der Waals surface area (Å²) in [6, 6.07) is 10.9. The third kappa shape index (κ3) is 4.96. The molecular weight excluding hydrogens is 270 g/mol. The van der Waals surface area contributed by atoms with Gasteiger partial charge in [-0.25, -0.2) is 0 Å². The molecule has 0 saturated heterocycles. The van der Waals surface area contributed by atoms with E-state index in [2.05, 4.69) is 5.32 Å².